The van der Waals surface area contributed by atoms with Crippen molar-refractivity contribution >= 4 is 15.9 Å². The first-order chi connectivity index (χ1) is 13.3. The van der Waals surface area contributed by atoms with Gasteiger partial charge in [0.25, 0.3) is 0 Å². The van der Waals surface area contributed by atoms with Crippen LogP contribution in [0.3, 0.4) is 0 Å². The van der Waals surface area contributed by atoms with Gasteiger partial charge in [-0.3, -0.25) is 4.79 Å². The summed E-state index contributed by atoms with van der Waals surface area (Å²) in [5.41, 5.74) is 1.24. The third-order valence-electron chi connectivity index (χ3n) is 5.22. The van der Waals surface area contributed by atoms with E-state index in [0.29, 0.717) is 22.9 Å². The summed E-state index contributed by atoms with van der Waals surface area (Å²) in [7, 11) is -0.296. The highest BCUT2D eigenvalue weighted by atomic mass is 32.2. The molecule has 1 aliphatic carbocycles. The maximum absolute atomic E-state index is 12.6. The van der Waals surface area contributed by atoms with E-state index in [1.165, 1.54) is 6.42 Å². The molecule has 158 valence electrons. The SMILES string of the molecule is COc1cc(C)c(S(=O)(=O)NCCOCC(=O)N(C)C2CCCCC2)c(C)c1. The highest BCUT2D eigenvalue weighted by Crippen LogP contribution is 2.25. The van der Waals surface area contributed by atoms with Crippen LogP contribution < -0.4 is 9.46 Å². The van der Waals surface area contributed by atoms with Gasteiger partial charge in [0.05, 0.1) is 18.6 Å². The van der Waals surface area contributed by atoms with Crippen molar-refractivity contribution in [3.05, 3.63) is 23.3 Å². The van der Waals surface area contributed by atoms with Crippen molar-refractivity contribution < 1.29 is 22.7 Å². The maximum atomic E-state index is 12.6. The number of carbonyl (C=O) groups is 1. The topological polar surface area (TPSA) is 84.9 Å². The molecule has 2 rings (SSSR count). The van der Waals surface area contributed by atoms with Crippen LogP contribution in [0.2, 0.25) is 0 Å². The van der Waals surface area contributed by atoms with Crippen LogP contribution in [0.5, 0.6) is 5.75 Å². The Hall–Kier alpha value is -1.64. The third-order valence-corrected chi connectivity index (χ3v) is 6.98. The predicted molar refractivity (Wildman–Crippen MR) is 108 cm³/mol. The molecule has 0 spiro atoms. The van der Waals surface area contributed by atoms with Gasteiger partial charge in [-0.05, 0) is 49.9 Å². The largest absolute Gasteiger partial charge is 0.497 e. The van der Waals surface area contributed by atoms with Crippen LogP contribution in [0.15, 0.2) is 17.0 Å². The minimum absolute atomic E-state index is 0.0324. The number of methoxy groups -OCH3 is 1. The molecule has 1 aromatic carbocycles. The highest BCUT2D eigenvalue weighted by molar-refractivity contribution is 7.89. The fourth-order valence-electron chi connectivity index (χ4n) is 3.71. The van der Waals surface area contributed by atoms with E-state index in [9.17, 15) is 13.2 Å². The Kier molecular flexibility index (Phi) is 8.27. The number of hydrogen-bond acceptors (Lipinski definition) is 5. The first kappa shape index (κ1) is 22.6. The monoisotopic (exact) mass is 412 g/mol. The molecular formula is C20H32N2O5S. The number of ether oxygens (including phenoxy) is 2. The Morgan fingerprint density at radius 2 is 1.79 bits per heavy atom. The summed E-state index contributed by atoms with van der Waals surface area (Å²) in [5.74, 6) is 0.564. The Morgan fingerprint density at radius 3 is 2.36 bits per heavy atom. The molecule has 1 fully saturated rings. The molecule has 0 heterocycles. The van der Waals surface area contributed by atoms with E-state index in [4.69, 9.17) is 9.47 Å². The molecule has 0 unspecified atom stereocenters. The van der Waals surface area contributed by atoms with Crippen molar-refractivity contribution in [2.45, 2.75) is 56.9 Å². The number of carbonyl (C=O) groups excluding carboxylic acids is 1. The Morgan fingerprint density at radius 1 is 1.18 bits per heavy atom. The molecule has 8 heteroatoms. The molecule has 1 saturated carbocycles. The molecule has 28 heavy (non-hydrogen) atoms. The second-order valence-electron chi connectivity index (χ2n) is 7.34. The minimum atomic E-state index is -3.66. The van der Waals surface area contributed by atoms with Crippen molar-refractivity contribution in [2.24, 2.45) is 0 Å². The molecule has 1 aromatic rings. The number of nitrogens with zero attached hydrogens (tertiary/aromatic N) is 1. The summed E-state index contributed by atoms with van der Waals surface area (Å²) >= 11 is 0. The van der Waals surface area contributed by atoms with Crippen LogP contribution in [0.25, 0.3) is 0 Å². The number of hydrogen-bond donors (Lipinski definition) is 1. The van der Waals surface area contributed by atoms with Gasteiger partial charge < -0.3 is 14.4 Å². The molecule has 0 aliphatic heterocycles. The average molecular weight is 413 g/mol. The molecule has 7 nitrogen and oxygen atoms in total. The Bertz CT molecular complexity index is 750. The summed E-state index contributed by atoms with van der Waals surface area (Å²) in [6.07, 6.45) is 5.65. The molecule has 1 N–H and O–H groups in total. The van der Waals surface area contributed by atoms with Gasteiger partial charge in [-0.25, -0.2) is 13.1 Å². The molecular weight excluding hydrogens is 380 g/mol. The van der Waals surface area contributed by atoms with E-state index in [2.05, 4.69) is 4.72 Å². The van der Waals surface area contributed by atoms with E-state index >= 15 is 0 Å². The van der Waals surface area contributed by atoms with Gasteiger partial charge in [0.2, 0.25) is 15.9 Å². The molecule has 0 aromatic heterocycles. The lowest BCUT2D eigenvalue weighted by molar-refractivity contribution is -0.137. The Labute approximate surface area is 168 Å². The van der Waals surface area contributed by atoms with Crippen LogP contribution in [0.1, 0.15) is 43.2 Å². The highest BCUT2D eigenvalue weighted by Gasteiger charge is 2.22. The fraction of sp³-hybridized carbons (Fsp3) is 0.650. The van der Waals surface area contributed by atoms with E-state index in [1.807, 2.05) is 7.05 Å². The lowest BCUT2D eigenvalue weighted by Crippen LogP contribution is -2.40. The number of aryl methyl sites for hydroxylation is 2. The van der Waals surface area contributed by atoms with E-state index in [1.54, 1.807) is 38.0 Å². The summed E-state index contributed by atoms with van der Waals surface area (Å²) in [6, 6.07) is 3.68. The fourth-order valence-corrected chi connectivity index (χ4v) is 5.17. The number of likely N-dealkylation sites (N-methyl/N-ethyl adjacent to an activating group) is 1. The number of rotatable bonds is 9. The van der Waals surface area contributed by atoms with Crippen molar-refractivity contribution in [3.63, 3.8) is 0 Å². The van der Waals surface area contributed by atoms with E-state index in [-0.39, 0.29) is 30.6 Å². The Balaban J connectivity index is 1.80. The van der Waals surface area contributed by atoms with Crippen LogP contribution in [0, 0.1) is 13.8 Å². The number of amides is 1. The van der Waals surface area contributed by atoms with Crippen LogP contribution >= 0.6 is 0 Å². The van der Waals surface area contributed by atoms with E-state index in [0.717, 1.165) is 25.7 Å². The molecule has 0 atom stereocenters. The molecule has 1 amide bonds. The van der Waals surface area contributed by atoms with Gasteiger partial charge in [0, 0.05) is 19.6 Å². The minimum Gasteiger partial charge on any atom is -0.497 e. The van der Waals surface area contributed by atoms with Gasteiger partial charge >= 0.3 is 0 Å². The zero-order valence-corrected chi connectivity index (χ0v) is 18.1. The number of nitrogens with one attached hydrogen (secondary N) is 1. The zero-order chi connectivity index (χ0) is 20.7. The number of benzene rings is 1. The van der Waals surface area contributed by atoms with Crippen molar-refractivity contribution in [1.29, 1.82) is 0 Å². The maximum Gasteiger partial charge on any atom is 0.248 e. The van der Waals surface area contributed by atoms with Gasteiger partial charge in [-0.15, -0.1) is 0 Å². The lowest BCUT2D eigenvalue weighted by atomic mass is 9.94. The first-order valence-electron chi connectivity index (χ1n) is 9.74. The predicted octanol–water partition coefficient (Wildman–Crippen LogP) is 2.40. The molecule has 0 radical (unpaired) electrons. The standard InChI is InChI=1S/C20H32N2O5S/c1-15-12-18(26-4)13-16(2)20(15)28(24,25)21-10-11-27-14-19(23)22(3)17-8-6-5-7-9-17/h12-13,17,21H,5-11,14H2,1-4H3. The lowest BCUT2D eigenvalue weighted by Gasteiger charge is -2.31. The van der Waals surface area contributed by atoms with Gasteiger partial charge in [-0.2, -0.15) is 0 Å². The smallest absolute Gasteiger partial charge is 0.248 e. The second-order valence-corrected chi connectivity index (χ2v) is 9.04. The number of sulfonamides is 1. The molecule has 1 aliphatic rings. The second kappa shape index (κ2) is 10.2. The zero-order valence-electron chi connectivity index (χ0n) is 17.3. The van der Waals surface area contributed by atoms with Gasteiger partial charge in [0.15, 0.2) is 0 Å². The summed E-state index contributed by atoms with van der Waals surface area (Å²) < 4.78 is 38.3. The van der Waals surface area contributed by atoms with Crippen molar-refractivity contribution in [1.82, 2.24) is 9.62 Å². The van der Waals surface area contributed by atoms with Crippen molar-refractivity contribution in [3.8, 4) is 5.75 Å². The third kappa shape index (κ3) is 5.93. The van der Waals surface area contributed by atoms with Gasteiger partial charge in [-0.1, -0.05) is 19.3 Å². The molecule has 0 saturated heterocycles. The van der Waals surface area contributed by atoms with Crippen molar-refractivity contribution in [2.75, 3.05) is 33.9 Å². The van der Waals surface area contributed by atoms with Crippen LogP contribution in [0.4, 0.5) is 0 Å². The van der Waals surface area contributed by atoms with Crippen LogP contribution in [-0.2, 0) is 19.6 Å². The van der Waals surface area contributed by atoms with E-state index < -0.39 is 10.0 Å². The summed E-state index contributed by atoms with van der Waals surface area (Å²) in [5, 5.41) is 0. The average Bonchev–Trinajstić information content (AvgIpc) is 2.66. The summed E-state index contributed by atoms with van der Waals surface area (Å²) in [6.45, 7) is 3.68. The summed E-state index contributed by atoms with van der Waals surface area (Å²) in [4.78, 5) is 14.2. The molecule has 0 bridgehead atoms. The normalized spacial score (nSPS) is 15.4. The van der Waals surface area contributed by atoms with Gasteiger partial charge in [0.1, 0.15) is 12.4 Å². The quantitative estimate of drug-likeness (QED) is 0.630. The van der Waals surface area contributed by atoms with Crippen LogP contribution in [-0.4, -0.2) is 59.2 Å². The first-order valence-corrected chi connectivity index (χ1v) is 11.2.